The fourth-order valence-electron chi connectivity index (χ4n) is 2.31. The molecule has 0 atom stereocenters. The Bertz CT molecular complexity index is 422. The van der Waals surface area contributed by atoms with Crippen molar-refractivity contribution in [3.8, 4) is 0 Å². The van der Waals surface area contributed by atoms with Crippen molar-refractivity contribution in [1.29, 1.82) is 0 Å². The quantitative estimate of drug-likeness (QED) is 0.861. The van der Waals surface area contributed by atoms with Gasteiger partial charge in [-0.2, -0.15) is 0 Å². The topological polar surface area (TPSA) is 52.6 Å². The molecular weight excluding hydrogens is 228 g/mol. The van der Waals surface area contributed by atoms with Crippen LogP contribution in [-0.2, 0) is 0 Å². The molecule has 0 aliphatic carbocycles. The smallest absolute Gasteiger partial charge is 0.412 e. The fourth-order valence-corrected chi connectivity index (χ4v) is 2.31. The van der Waals surface area contributed by atoms with E-state index in [2.05, 4.69) is 11.9 Å². The van der Waals surface area contributed by atoms with E-state index < -0.39 is 6.09 Å². The minimum atomic E-state index is -0.881. The van der Waals surface area contributed by atoms with Crippen molar-refractivity contribution in [2.45, 2.75) is 18.9 Å². The predicted molar refractivity (Wildman–Crippen MR) is 72.9 cm³/mol. The lowest BCUT2D eigenvalue weighted by Crippen LogP contribution is -2.45. The number of carbonyl (C=O) groups is 1. The number of amides is 1. The van der Waals surface area contributed by atoms with Crippen LogP contribution in [0.5, 0.6) is 0 Å². The van der Waals surface area contributed by atoms with Gasteiger partial charge in [-0.25, -0.2) is 4.79 Å². The summed E-state index contributed by atoms with van der Waals surface area (Å²) in [6, 6.07) is 7.53. The second-order valence-corrected chi connectivity index (χ2v) is 4.43. The molecule has 0 unspecified atom stereocenters. The molecule has 1 aliphatic heterocycles. The number of carboxylic acid groups (broad SMARTS) is 1. The van der Waals surface area contributed by atoms with Crippen LogP contribution in [0.2, 0.25) is 0 Å². The second kappa shape index (κ2) is 5.69. The predicted octanol–water partition coefficient (Wildman–Crippen LogP) is 2.57. The maximum Gasteiger partial charge on any atom is 0.412 e. The summed E-state index contributed by atoms with van der Waals surface area (Å²) < 4.78 is 0. The van der Waals surface area contributed by atoms with E-state index in [1.165, 1.54) is 4.90 Å². The number of nitrogens with one attached hydrogen (secondary N) is 1. The molecule has 1 fully saturated rings. The van der Waals surface area contributed by atoms with Gasteiger partial charge in [-0.15, -0.1) is 0 Å². The van der Waals surface area contributed by atoms with Crippen molar-refractivity contribution >= 4 is 17.9 Å². The number of nitrogens with zero attached hydrogens (tertiary/aromatic N) is 1. The molecule has 0 radical (unpaired) electrons. The molecule has 1 saturated heterocycles. The zero-order chi connectivity index (χ0) is 13.0. The molecule has 0 bridgehead atoms. The van der Waals surface area contributed by atoms with E-state index in [4.69, 9.17) is 0 Å². The number of piperidine rings is 1. The first-order valence-corrected chi connectivity index (χ1v) is 6.18. The van der Waals surface area contributed by atoms with Crippen molar-refractivity contribution in [3.05, 3.63) is 36.4 Å². The number of anilines is 1. The maximum atomic E-state index is 11.4. The largest absolute Gasteiger partial charge is 0.465 e. The molecule has 1 aliphatic rings. The highest BCUT2D eigenvalue weighted by Gasteiger charge is 2.26. The Kier molecular flexibility index (Phi) is 3.99. The van der Waals surface area contributed by atoms with Gasteiger partial charge in [0.2, 0.25) is 0 Å². The van der Waals surface area contributed by atoms with Gasteiger partial charge in [-0.3, -0.25) is 4.90 Å². The van der Waals surface area contributed by atoms with Gasteiger partial charge < -0.3 is 10.4 Å². The lowest BCUT2D eigenvalue weighted by atomic mass is 10.0. The van der Waals surface area contributed by atoms with Crippen molar-refractivity contribution in [2.24, 2.45) is 0 Å². The molecule has 0 aromatic heterocycles. The van der Waals surface area contributed by atoms with Gasteiger partial charge in [0.15, 0.2) is 0 Å². The summed E-state index contributed by atoms with van der Waals surface area (Å²) in [6.45, 7) is 5.44. The Hall–Kier alpha value is -1.81. The third kappa shape index (κ3) is 2.71. The van der Waals surface area contributed by atoms with Crippen LogP contribution in [0.1, 0.15) is 18.4 Å². The summed E-state index contributed by atoms with van der Waals surface area (Å²) >= 11 is 0. The van der Waals surface area contributed by atoms with Gasteiger partial charge in [0.05, 0.1) is 0 Å². The molecule has 2 rings (SSSR count). The van der Waals surface area contributed by atoms with E-state index in [-0.39, 0.29) is 6.04 Å². The van der Waals surface area contributed by atoms with Crippen LogP contribution < -0.4 is 10.2 Å². The Balaban J connectivity index is 2.22. The second-order valence-electron chi connectivity index (χ2n) is 4.43. The molecule has 0 saturated carbocycles. The zero-order valence-electron chi connectivity index (χ0n) is 10.3. The Labute approximate surface area is 107 Å². The van der Waals surface area contributed by atoms with Crippen LogP contribution in [-0.4, -0.2) is 30.3 Å². The molecule has 2 N–H and O–H groups in total. The third-order valence-electron chi connectivity index (χ3n) is 3.29. The zero-order valence-corrected chi connectivity index (χ0v) is 10.3. The number of benzene rings is 1. The van der Waals surface area contributed by atoms with Gasteiger partial charge >= 0.3 is 6.09 Å². The third-order valence-corrected chi connectivity index (χ3v) is 3.29. The van der Waals surface area contributed by atoms with Crippen LogP contribution in [0, 0.1) is 0 Å². The SMILES string of the molecule is C=Cc1ccc(N(C(=O)O)C2CCNCC2)cc1. The van der Waals surface area contributed by atoms with E-state index in [1.54, 1.807) is 6.08 Å². The van der Waals surface area contributed by atoms with E-state index in [0.29, 0.717) is 0 Å². The van der Waals surface area contributed by atoms with Gasteiger partial charge in [0.1, 0.15) is 0 Å². The Morgan fingerprint density at radius 1 is 1.33 bits per heavy atom. The van der Waals surface area contributed by atoms with Crippen LogP contribution in [0.15, 0.2) is 30.8 Å². The Morgan fingerprint density at radius 2 is 1.94 bits per heavy atom. The first kappa shape index (κ1) is 12.6. The Morgan fingerprint density at radius 3 is 2.44 bits per heavy atom. The number of rotatable bonds is 3. The first-order chi connectivity index (χ1) is 8.72. The van der Waals surface area contributed by atoms with Gasteiger partial charge in [-0.1, -0.05) is 24.8 Å². The molecule has 1 heterocycles. The van der Waals surface area contributed by atoms with Crippen LogP contribution in [0.25, 0.3) is 6.08 Å². The molecule has 4 heteroatoms. The van der Waals surface area contributed by atoms with Crippen LogP contribution in [0.3, 0.4) is 0 Å². The minimum absolute atomic E-state index is 0.0679. The molecule has 4 nitrogen and oxygen atoms in total. The highest BCUT2D eigenvalue weighted by molar-refractivity contribution is 5.87. The fraction of sp³-hybridized carbons (Fsp3) is 0.357. The normalized spacial score (nSPS) is 16.2. The van der Waals surface area contributed by atoms with E-state index >= 15 is 0 Å². The van der Waals surface area contributed by atoms with Crippen molar-refractivity contribution in [3.63, 3.8) is 0 Å². The van der Waals surface area contributed by atoms with Crippen molar-refractivity contribution in [2.75, 3.05) is 18.0 Å². The minimum Gasteiger partial charge on any atom is -0.465 e. The van der Waals surface area contributed by atoms with E-state index in [1.807, 2.05) is 24.3 Å². The van der Waals surface area contributed by atoms with Crippen LogP contribution >= 0.6 is 0 Å². The van der Waals surface area contributed by atoms with Gasteiger partial charge in [0, 0.05) is 11.7 Å². The van der Waals surface area contributed by atoms with Crippen LogP contribution in [0.4, 0.5) is 10.5 Å². The summed E-state index contributed by atoms with van der Waals surface area (Å²) in [4.78, 5) is 12.9. The standard InChI is InChI=1S/C14H18N2O2/c1-2-11-3-5-12(6-4-11)16(14(17)18)13-7-9-15-10-8-13/h2-6,13,15H,1,7-10H2,(H,17,18). The van der Waals surface area contributed by atoms with Gasteiger partial charge in [0.25, 0.3) is 0 Å². The maximum absolute atomic E-state index is 11.4. The molecule has 18 heavy (non-hydrogen) atoms. The summed E-state index contributed by atoms with van der Waals surface area (Å²) in [5.74, 6) is 0. The molecule has 96 valence electrons. The van der Waals surface area contributed by atoms with E-state index in [9.17, 15) is 9.90 Å². The number of hydrogen-bond acceptors (Lipinski definition) is 2. The summed E-state index contributed by atoms with van der Waals surface area (Å²) in [6.07, 6.45) is 2.58. The highest BCUT2D eigenvalue weighted by atomic mass is 16.4. The van der Waals surface area contributed by atoms with Gasteiger partial charge in [-0.05, 0) is 43.6 Å². The molecule has 1 amide bonds. The summed E-state index contributed by atoms with van der Waals surface area (Å²) in [5, 5.41) is 12.6. The summed E-state index contributed by atoms with van der Waals surface area (Å²) in [5.41, 5.74) is 1.73. The first-order valence-electron chi connectivity index (χ1n) is 6.18. The lowest BCUT2D eigenvalue weighted by molar-refractivity contribution is 0.197. The molecule has 0 spiro atoms. The van der Waals surface area contributed by atoms with Crippen molar-refractivity contribution < 1.29 is 9.90 Å². The highest BCUT2D eigenvalue weighted by Crippen LogP contribution is 2.22. The average molecular weight is 246 g/mol. The van der Waals surface area contributed by atoms with Crippen molar-refractivity contribution in [1.82, 2.24) is 5.32 Å². The van der Waals surface area contributed by atoms with E-state index in [0.717, 1.165) is 37.2 Å². The molecule has 1 aromatic carbocycles. The molecule has 1 aromatic rings. The summed E-state index contributed by atoms with van der Waals surface area (Å²) in [7, 11) is 0. The average Bonchev–Trinajstić information content (AvgIpc) is 2.40. The number of hydrogen-bond donors (Lipinski definition) is 2. The lowest BCUT2D eigenvalue weighted by Gasteiger charge is -2.32. The monoisotopic (exact) mass is 246 g/mol. The molecular formula is C14H18N2O2.